The third-order valence-corrected chi connectivity index (χ3v) is 5.79. The lowest BCUT2D eigenvalue weighted by molar-refractivity contribution is -0.121. The standard InChI is InChI=1S/C20H27N3OS/c1-3-19(24)21-16(2)20(18-10-7-15-25-18)23-13-11-22(12-14-23)17-8-5-4-6-9-17/h4-10,15-16,20H,3,11-14H2,1-2H3,(H,21,24)/t16-,20+/m0/s1. The normalized spacial score (nSPS) is 17.9. The number of hydrogen-bond donors (Lipinski definition) is 1. The number of thiophene rings is 1. The van der Waals surface area contributed by atoms with Crippen LogP contribution in [0.1, 0.15) is 31.2 Å². The molecule has 2 heterocycles. The number of carbonyl (C=O) groups is 1. The first-order valence-electron chi connectivity index (χ1n) is 9.06. The van der Waals surface area contributed by atoms with Gasteiger partial charge in [-0.25, -0.2) is 0 Å². The molecule has 3 rings (SSSR count). The minimum Gasteiger partial charge on any atom is -0.369 e. The lowest BCUT2D eigenvalue weighted by atomic mass is 10.0. The third kappa shape index (κ3) is 4.41. The van der Waals surface area contributed by atoms with Gasteiger partial charge in [-0.05, 0) is 30.5 Å². The van der Waals surface area contributed by atoms with Crippen LogP contribution >= 0.6 is 11.3 Å². The number of hydrogen-bond acceptors (Lipinski definition) is 4. The molecular weight excluding hydrogens is 330 g/mol. The van der Waals surface area contributed by atoms with E-state index in [9.17, 15) is 4.79 Å². The fourth-order valence-electron chi connectivity index (χ4n) is 3.53. The number of para-hydroxylation sites is 1. The van der Waals surface area contributed by atoms with Crippen molar-refractivity contribution >= 4 is 22.9 Å². The quantitative estimate of drug-likeness (QED) is 0.859. The predicted octanol–water partition coefficient (Wildman–Crippen LogP) is 3.53. The Balaban J connectivity index is 1.69. The van der Waals surface area contributed by atoms with E-state index in [2.05, 4.69) is 69.9 Å². The lowest BCUT2D eigenvalue weighted by Gasteiger charge is -2.42. The number of rotatable bonds is 6. The zero-order valence-corrected chi connectivity index (χ0v) is 15.8. The van der Waals surface area contributed by atoms with Gasteiger partial charge in [0.15, 0.2) is 0 Å². The fourth-order valence-corrected chi connectivity index (χ4v) is 4.50. The molecule has 2 aromatic rings. The van der Waals surface area contributed by atoms with Gasteiger partial charge in [0.1, 0.15) is 0 Å². The fraction of sp³-hybridized carbons (Fsp3) is 0.450. The summed E-state index contributed by atoms with van der Waals surface area (Å²) < 4.78 is 0. The lowest BCUT2D eigenvalue weighted by Crippen LogP contribution is -2.52. The van der Waals surface area contributed by atoms with Gasteiger partial charge in [0, 0.05) is 49.2 Å². The van der Waals surface area contributed by atoms with E-state index in [1.165, 1.54) is 10.6 Å². The first kappa shape index (κ1) is 18.0. The zero-order chi connectivity index (χ0) is 17.6. The second kappa shape index (κ2) is 8.50. The van der Waals surface area contributed by atoms with Gasteiger partial charge in [-0.3, -0.25) is 9.69 Å². The van der Waals surface area contributed by atoms with Crippen molar-refractivity contribution in [3.8, 4) is 0 Å². The van der Waals surface area contributed by atoms with Gasteiger partial charge in [0.2, 0.25) is 5.91 Å². The van der Waals surface area contributed by atoms with Crippen molar-refractivity contribution in [2.75, 3.05) is 31.1 Å². The van der Waals surface area contributed by atoms with Crippen molar-refractivity contribution in [3.63, 3.8) is 0 Å². The number of benzene rings is 1. The second-order valence-corrected chi connectivity index (χ2v) is 7.51. The van der Waals surface area contributed by atoms with Gasteiger partial charge in [-0.2, -0.15) is 0 Å². The number of carbonyl (C=O) groups excluding carboxylic acids is 1. The van der Waals surface area contributed by atoms with Crippen LogP contribution in [0.3, 0.4) is 0 Å². The highest BCUT2D eigenvalue weighted by Gasteiger charge is 2.30. The summed E-state index contributed by atoms with van der Waals surface area (Å²) in [7, 11) is 0. The van der Waals surface area contributed by atoms with E-state index < -0.39 is 0 Å². The van der Waals surface area contributed by atoms with Crippen molar-refractivity contribution in [3.05, 3.63) is 52.7 Å². The Morgan fingerprint density at radius 3 is 2.44 bits per heavy atom. The molecule has 25 heavy (non-hydrogen) atoms. The molecule has 1 N–H and O–H groups in total. The average molecular weight is 358 g/mol. The van der Waals surface area contributed by atoms with Gasteiger partial charge in [-0.15, -0.1) is 11.3 Å². The Morgan fingerprint density at radius 2 is 1.84 bits per heavy atom. The molecule has 1 aliphatic rings. The molecule has 134 valence electrons. The van der Waals surface area contributed by atoms with Crippen LogP contribution in [0.5, 0.6) is 0 Å². The summed E-state index contributed by atoms with van der Waals surface area (Å²) in [6.45, 7) is 8.07. The van der Waals surface area contributed by atoms with Crippen molar-refractivity contribution < 1.29 is 4.79 Å². The minimum atomic E-state index is 0.106. The molecule has 1 aromatic carbocycles. The maximum absolute atomic E-state index is 11.9. The van der Waals surface area contributed by atoms with Gasteiger partial charge in [-0.1, -0.05) is 31.2 Å². The molecule has 2 atom stereocenters. The first-order chi connectivity index (χ1) is 12.2. The predicted molar refractivity (Wildman–Crippen MR) is 105 cm³/mol. The van der Waals surface area contributed by atoms with Crippen molar-refractivity contribution in [1.29, 1.82) is 0 Å². The maximum Gasteiger partial charge on any atom is 0.219 e. The Morgan fingerprint density at radius 1 is 1.12 bits per heavy atom. The van der Waals surface area contributed by atoms with Gasteiger partial charge < -0.3 is 10.2 Å². The summed E-state index contributed by atoms with van der Waals surface area (Å²) in [5.41, 5.74) is 1.29. The number of piperazine rings is 1. The highest BCUT2D eigenvalue weighted by molar-refractivity contribution is 7.10. The topological polar surface area (TPSA) is 35.6 Å². The Labute approximate surface area is 154 Å². The molecule has 0 radical (unpaired) electrons. The van der Waals surface area contributed by atoms with E-state index in [-0.39, 0.29) is 18.0 Å². The van der Waals surface area contributed by atoms with Crippen LogP contribution in [-0.4, -0.2) is 43.0 Å². The molecule has 0 aliphatic carbocycles. The maximum atomic E-state index is 11.9. The van der Waals surface area contributed by atoms with Crippen LogP contribution in [0.15, 0.2) is 47.8 Å². The second-order valence-electron chi connectivity index (χ2n) is 6.53. The molecule has 0 unspecified atom stereocenters. The molecule has 0 spiro atoms. The van der Waals surface area contributed by atoms with Gasteiger partial charge in [0.25, 0.3) is 0 Å². The van der Waals surface area contributed by atoms with Gasteiger partial charge in [0.05, 0.1) is 6.04 Å². The van der Waals surface area contributed by atoms with E-state index in [0.29, 0.717) is 6.42 Å². The van der Waals surface area contributed by atoms with Gasteiger partial charge >= 0.3 is 0 Å². The monoisotopic (exact) mass is 357 g/mol. The van der Waals surface area contributed by atoms with E-state index in [1.807, 2.05) is 6.92 Å². The molecule has 4 nitrogen and oxygen atoms in total. The summed E-state index contributed by atoms with van der Waals surface area (Å²) in [6.07, 6.45) is 0.531. The van der Waals surface area contributed by atoms with Crippen LogP contribution in [0.2, 0.25) is 0 Å². The summed E-state index contributed by atoms with van der Waals surface area (Å²) in [5, 5.41) is 5.29. The number of nitrogens with zero attached hydrogens (tertiary/aromatic N) is 2. The van der Waals surface area contributed by atoms with Crippen LogP contribution in [0.25, 0.3) is 0 Å². The van der Waals surface area contributed by atoms with Crippen molar-refractivity contribution in [2.45, 2.75) is 32.4 Å². The molecular formula is C20H27N3OS. The zero-order valence-electron chi connectivity index (χ0n) is 15.0. The summed E-state index contributed by atoms with van der Waals surface area (Å²) >= 11 is 1.78. The average Bonchev–Trinajstić information content (AvgIpc) is 3.17. The van der Waals surface area contributed by atoms with E-state index >= 15 is 0 Å². The highest BCUT2D eigenvalue weighted by atomic mass is 32.1. The Bertz CT molecular complexity index is 651. The molecule has 1 fully saturated rings. The Hall–Kier alpha value is -1.85. The number of amides is 1. The summed E-state index contributed by atoms with van der Waals surface area (Å²) in [6, 6.07) is 15.2. The third-order valence-electron chi connectivity index (χ3n) is 4.85. The SMILES string of the molecule is CCC(=O)N[C@@H](C)[C@H](c1cccs1)N1CCN(c2ccccc2)CC1. The molecule has 1 saturated heterocycles. The van der Waals surface area contributed by atoms with Crippen LogP contribution in [0, 0.1) is 0 Å². The Kier molecular flexibility index (Phi) is 6.10. The summed E-state index contributed by atoms with van der Waals surface area (Å²) in [4.78, 5) is 18.2. The van der Waals surface area contributed by atoms with E-state index in [0.717, 1.165) is 26.2 Å². The molecule has 1 aliphatic heterocycles. The minimum absolute atomic E-state index is 0.106. The van der Waals surface area contributed by atoms with E-state index in [4.69, 9.17) is 0 Å². The number of nitrogens with one attached hydrogen (secondary N) is 1. The van der Waals surface area contributed by atoms with Crippen LogP contribution in [-0.2, 0) is 4.79 Å². The van der Waals surface area contributed by atoms with Crippen LogP contribution < -0.4 is 10.2 Å². The van der Waals surface area contributed by atoms with Crippen molar-refractivity contribution in [1.82, 2.24) is 10.2 Å². The smallest absolute Gasteiger partial charge is 0.219 e. The molecule has 5 heteroatoms. The van der Waals surface area contributed by atoms with Crippen molar-refractivity contribution in [2.24, 2.45) is 0 Å². The van der Waals surface area contributed by atoms with E-state index in [1.54, 1.807) is 11.3 Å². The summed E-state index contributed by atoms with van der Waals surface area (Å²) in [5.74, 6) is 0.122. The first-order valence-corrected chi connectivity index (χ1v) is 9.94. The van der Waals surface area contributed by atoms with Crippen LogP contribution in [0.4, 0.5) is 5.69 Å². The molecule has 1 amide bonds. The molecule has 0 bridgehead atoms. The molecule has 0 saturated carbocycles. The largest absolute Gasteiger partial charge is 0.369 e. The highest BCUT2D eigenvalue weighted by Crippen LogP contribution is 2.30. The molecule has 1 aromatic heterocycles. The number of anilines is 1.